The molecule has 0 aliphatic carbocycles. The van der Waals surface area contributed by atoms with E-state index in [4.69, 9.17) is 21.3 Å². The van der Waals surface area contributed by atoms with Crippen LogP contribution in [0, 0.1) is 11.3 Å². The first-order valence-electron chi connectivity index (χ1n) is 3.17. The van der Waals surface area contributed by atoms with E-state index in [1.165, 1.54) is 12.1 Å². The number of furan rings is 1. The highest BCUT2D eigenvalue weighted by molar-refractivity contribution is 6.28. The smallest absolute Gasteiger partial charge is 0.193 e. The fraction of sp³-hybridized carbons (Fsp3) is 0.125. The number of hydrogen-bond donors (Lipinski definition) is 1. The van der Waals surface area contributed by atoms with E-state index in [-0.39, 0.29) is 16.6 Å². The van der Waals surface area contributed by atoms with E-state index in [9.17, 15) is 5.11 Å². The van der Waals surface area contributed by atoms with Crippen LogP contribution in [0.3, 0.4) is 0 Å². The monoisotopic (exact) mass is 183 g/mol. The van der Waals surface area contributed by atoms with Crippen LogP contribution in [0.1, 0.15) is 11.9 Å². The number of hydrogen-bond acceptors (Lipinski definition) is 3. The predicted octanol–water partition coefficient (Wildman–Crippen LogP) is 2.05. The van der Waals surface area contributed by atoms with Crippen molar-refractivity contribution >= 4 is 11.6 Å². The standard InChI is InChI=1S/C8H6ClNO2/c1-5(4-10)8(11)6-2-3-7(9)12-6/h2-3,8,11H,1H2. The van der Waals surface area contributed by atoms with Crippen LogP contribution in [0.5, 0.6) is 0 Å². The highest BCUT2D eigenvalue weighted by Gasteiger charge is 2.14. The molecule has 0 saturated heterocycles. The molecule has 0 aromatic carbocycles. The largest absolute Gasteiger partial charge is 0.447 e. The Kier molecular flexibility index (Phi) is 2.54. The van der Waals surface area contributed by atoms with Gasteiger partial charge in [0.15, 0.2) is 5.22 Å². The molecule has 12 heavy (non-hydrogen) atoms. The van der Waals surface area contributed by atoms with E-state index < -0.39 is 6.10 Å². The average Bonchev–Trinajstić information content (AvgIpc) is 2.49. The summed E-state index contributed by atoms with van der Waals surface area (Å²) in [4.78, 5) is 0. The van der Waals surface area contributed by atoms with Crippen LogP contribution in [0.15, 0.2) is 28.7 Å². The molecule has 1 N–H and O–H groups in total. The topological polar surface area (TPSA) is 57.2 Å². The number of nitriles is 1. The van der Waals surface area contributed by atoms with E-state index in [0.717, 1.165) is 0 Å². The maximum Gasteiger partial charge on any atom is 0.193 e. The molecule has 0 saturated carbocycles. The van der Waals surface area contributed by atoms with Crippen LogP contribution in [0.4, 0.5) is 0 Å². The number of aliphatic hydroxyl groups excluding tert-OH is 1. The van der Waals surface area contributed by atoms with Gasteiger partial charge in [-0.3, -0.25) is 0 Å². The van der Waals surface area contributed by atoms with Crippen molar-refractivity contribution in [2.75, 3.05) is 0 Å². The van der Waals surface area contributed by atoms with Gasteiger partial charge in [-0.15, -0.1) is 0 Å². The molecule has 1 atom stereocenters. The normalized spacial score (nSPS) is 12.1. The van der Waals surface area contributed by atoms with Crippen molar-refractivity contribution in [1.29, 1.82) is 5.26 Å². The highest BCUT2D eigenvalue weighted by Crippen LogP contribution is 2.23. The van der Waals surface area contributed by atoms with Gasteiger partial charge in [-0.05, 0) is 23.7 Å². The lowest BCUT2D eigenvalue weighted by Crippen LogP contribution is -1.96. The summed E-state index contributed by atoms with van der Waals surface area (Å²) in [5, 5.41) is 17.9. The molecule has 0 bridgehead atoms. The zero-order valence-corrected chi connectivity index (χ0v) is 6.88. The van der Waals surface area contributed by atoms with Gasteiger partial charge in [0.1, 0.15) is 11.9 Å². The Morgan fingerprint density at radius 3 is 2.83 bits per heavy atom. The molecule has 0 aliphatic rings. The van der Waals surface area contributed by atoms with E-state index in [1.807, 2.05) is 0 Å². The average molecular weight is 184 g/mol. The zero-order chi connectivity index (χ0) is 9.14. The second-order valence-corrected chi connectivity index (χ2v) is 2.55. The third kappa shape index (κ3) is 1.67. The highest BCUT2D eigenvalue weighted by atomic mass is 35.5. The van der Waals surface area contributed by atoms with Crippen molar-refractivity contribution < 1.29 is 9.52 Å². The fourth-order valence-corrected chi connectivity index (χ4v) is 0.860. The van der Waals surface area contributed by atoms with Gasteiger partial charge in [-0.2, -0.15) is 5.26 Å². The van der Waals surface area contributed by atoms with Gasteiger partial charge in [-0.1, -0.05) is 6.58 Å². The molecule has 0 fully saturated rings. The van der Waals surface area contributed by atoms with Gasteiger partial charge in [0, 0.05) is 0 Å². The minimum atomic E-state index is -1.09. The molecule has 0 spiro atoms. The summed E-state index contributed by atoms with van der Waals surface area (Å²) in [5.74, 6) is 0.228. The van der Waals surface area contributed by atoms with Crippen molar-refractivity contribution in [3.63, 3.8) is 0 Å². The van der Waals surface area contributed by atoms with Crippen molar-refractivity contribution in [2.24, 2.45) is 0 Å². The molecule has 0 aliphatic heterocycles. The van der Waals surface area contributed by atoms with E-state index in [2.05, 4.69) is 6.58 Å². The summed E-state index contributed by atoms with van der Waals surface area (Å²) in [7, 11) is 0. The van der Waals surface area contributed by atoms with Gasteiger partial charge < -0.3 is 9.52 Å². The number of nitrogens with zero attached hydrogens (tertiary/aromatic N) is 1. The quantitative estimate of drug-likeness (QED) is 0.714. The Labute approximate surface area is 74.5 Å². The summed E-state index contributed by atoms with van der Waals surface area (Å²) in [6.07, 6.45) is -1.09. The van der Waals surface area contributed by atoms with Gasteiger partial charge in [0.05, 0.1) is 11.6 Å². The molecular formula is C8H6ClNO2. The Bertz CT molecular complexity index is 337. The first-order chi connectivity index (χ1) is 5.65. The van der Waals surface area contributed by atoms with Crippen molar-refractivity contribution in [3.05, 3.63) is 35.3 Å². The minimum Gasteiger partial charge on any atom is -0.447 e. The molecule has 62 valence electrons. The maximum absolute atomic E-state index is 9.33. The lowest BCUT2D eigenvalue weighted by Gasteiger charge is -2.02. The Balaban J connectivity index is 2.86. The third-order valence-electron chi connectivity index (χ3n) is 1.34. The SMILES string of the molecule is C=C(C#N)C(O)c1ccc(Cl)o1. The molecule has 0 amide bonds. The molecular weight excluding hydrogens is 178 g/mol. The van der Waals surface area contributed by atoms with Crippen molar-refractivity contribution in [1.82, 2.24) is 0 Å². The summed E-state index contributed by atoms with van der Waals surface area (Å²) in [6, 6.07) is 4.71. The van der Waals surface area contributed by atoms with Crippen LogP contribution in [-0.4, -0.2) is 5.11 Å². The number of rotatable bonds is 2. The lowest BCUT2D eigenvalue weighted by atomic mass is 10.1. The number of halogens is 1. The third-order valence-corrected chi connectivity index (χ3v) is 1.54. The van der Waals surface area contributed by atoms with E-state index in [0.29, 0.717) is 0 Å². The van der Waals surface area contributed by atoms with Crippen LogP contribution >= 0.6 is 11.6 Å². The van der Waals surface area contributed by atoms with Gasteiger partial charge in [0.2, 0.25) is 0 Å². The molecule has 1 unspecified atom stereocenters. The molecule has 0 radical (unpaired) electrons. The molecule has 3 nitrogen and oxygen atoms in total. The van der Waals surface area contributed by atoms with Gasteiger partial charge in [-0.25, -0.2) is 0 Å². The molecule has 1 heterocycles. The summed E-state index contributed by atoms with van der Waals surface area (Å²) >= 11 is 5.46. The van der Waals surface area contributed by atoms with E-state index >= 15 is 0 Å². The van der Waals surface area contributed by atoms with Crippen LogP contribution in [0.25, 0.3) is 0 Å². The van der Waals surface area contributed by atoms with Crippen LogP contribution in [-0.2, 0) is 0 Å². The van der Waals surface area contributed by atoms with Crippen molar-refractivity contribution in [3.8, 4) is 6.07 Å². The molecule has 1 aromatic rings. The number of aliphatic hydroxyl groups is 1. The lowest BCUT2D eigenvalue weighted by molar-refractivity contribution is 0.190. The first kappa shape index (κ1) is 8.85. The molecule has 4 heteroatoms. The second-order valence-electron chi connectivity index (χ2n) is 2.18. The Morgan fingerprint density at radius 2 is 2.42 bits per heavy atom. The van der Waals surface area contributed by atoms with Crippen molar-refractivity contribution in [2.45, 2.75) is 6.10 Å². The summed E-state index contributed by atoms with van der Waals surface area (Å²) in [6.45, 7) is 3.34. The molecule has 1 aromatic heterocycles. The predicted molar refractivity (Wildman–Crippen MR) is 43.4 cm³/mol. The molecule has 1 rings (SSSR count). The summed E-state index contributed by atoms with van der Waals surface area (Å²) < 4.78 is 4.87. The van der Waals surface area contributed by atoms with Gasteiger partial charge >= 0.3 is 0 Å². The Hall–Kier alpha value is -1.24. The first-order valence-corrected chi connectivity index (χ1v) is 3.55. The zero-order valence-electron chi connectivity index (χ0n) is 6.12. The van der Waals surface area contributed by atoms with Crippen LogP contribution < -0.4 is 0 Å². The van der Waals surface area contributed by atoms with Crippen LogP contribution in [0.2, 0.25) is 5.22 Å². The Morgan fingerprint density at radius 1 is 1.75 bits per heavy atom. The summed E-state index contributed by atoms with van der Waals surface area (Å²) in [5.41, 5.74) is 0.0287. The maximum atomic E-state index is 9.33. The van der Waals surface area contributed by atoms with Gasteiger partial charge in [0.25, 0.3) is 0 Å². The second kappa shape index (κ2) is 3.44. The minimum absolute atomic E-state index is 0.0287. The van der Waals surface area contributed by atoms with E-state index in [1.54, 1.807) is 6.07 Å². The fourth-order valence-electron chi connectivity index (χ4n) is 0.708.